The Bertz CT molecular complexity index is 1130. The first-order valence-electron chi connectivity index (χ1n) is 10.9. The molecule has 1 saturated heterocycles. The monoisotopic (exact) mass is 452 g/mol. The van der Waals surface area contributed by atoms with Crippen molar-refractivity contribution in [3.63, 3.8) is 0 Å². The van der Waals surface area contributed by atoms with E-state index in [9.17, 15) is 9.59 Å². The molecule has 0 bridgehead atoms. The van der Waals surface area contributed by atoms with Crippen molar-refractivity contribution in [1.82, 2.24) is 15.0 Å². The topological polar surface area (TPSA) is 101 Å². The lowest BCUT2D eigenvalue weighted by molar-refractivity contribution is -0.117. The molecule has 174 valence electrons. The van der Waals surface area contributed by atoms with Gasteiger partial charge >= 0.3 is 0 Å². The van der Waals surface area contributed by atoms with Crippen LogP contribution in [0.4, 0.5) is 5.82 Å². The number of piperazine rings is 1. The van der Waals surface area contributed by atoms with Crippen molar-refractivity contribution < 1.29 is 23.3 Å². The molecule has 0 atom stereocenters. The Balaban J connectivity index is 1.24. The number of ether oxygens (including phenoxy) is 1. The molecule has 0 spiro atoms. The number of hydrogen-bond donors (Lipinski definition) is 1. The molecule has 2 aromatic heterocycles. The zero-order valence-electron chi connectivity index (χ0n) is 19.1. The molecule has 1 aliphatic rings. The third-order valence-electron chi connectivity index (χ3n) is 5.49. The molecule has 3 aromatic rings. The number of hydrogen-bond acceptors (Lipinski definition) is 7. The van der Waals surface area contributed by atoms with E-state index < -0.39 is 0 Å². The Morgan fingerprint density at radius 3 is 2.55 bits per heavy atom. The molecule has 4 rings (SSSR count). The van der Waals surface area contributed by atoms with Crippen molar-refractivity contribution in [2.45, 2.75) is 27.4 Å². The number of benzene rings is 1. The van der Waals surface area contributed by atoms with E-state index in [1.165, 1.54) is 5.56 Å². The lowest BCUT2D eigenvalue weighted by Gasteiger charge is -2.33. The Morgan fingerprint density at radius 2 is 1.85 bits per heavy atom. The van der Waals surface area contributed by atoms with Crippen molar-refractivity contribution in [1.29, 1.82) is 0 Å². The molecule has 1 fully saturated rings. The van der Waals surface area contributed by atoms with E-state index in [2.05, 4.69) is 16.5 Å². The van der Waals surface area contributed by atoms with Crippen LogP contribution in [0.5, 0.6) is 5.75 Å². The number of nitrogens with one attached hydrogen (secondary N) is 1. The van der Waals surface area contributed by atoms with Crippen molar-refractivity contribution in [3.05, 3.63) is 64.8 Å². The Labute approximate surface area is 192 Å². The summed E-state index contributed by atoms with van der Waals surface area (Å²) in [5, 5.41) is 6.47. The number of carbonyl (C=O) groups is 2. The van der Waals surface area contributed by atoms with Gasteiger partial charge in [-0.25, -0.2) is 0 Å². The van der Waals surface area contributed by atoms with Crippen molar-refractivity contribution in [2.24, 2.45) is 0 Å². The summed E-state index contributed by atoms with van der Waals surface area (Å²) in [4.78, 5) is 28.8. The lowest BCUT2D eigenvalue weighted by atomic mass is 10.1. The number of furan rings is 1. The quantitative estimate of drug-likeness (QED) is 0.588. The van der Waals surface area contributed by atoms with E-state index in [1.807, 2.05) is 30.9 Å². The summed E-state index contributed by atoms with van der Waals surface area (Å²) in [5.74, 6) is 2.40. The summed E-state index contributed by atoms with van der Waals surface area (Å²) in [6.45, 7) is 8.52. The number of carbonyl (C=O) groups excluding carboxylic acids is 2. The highest BCUT2D eigenvalue weighted by atomic mass is 16.5. The van der Waals surface area contributed by atoms with Crippen LogP contribution >= 0.6 is 0 Å². The second-order valence-electron chi connectivity index (χ2n) is 8.26. The minimum absolute atomic E-state index is 0.157. The second kappa shape index (κ2) is 9.91. The van der Waals surface area contributed by atoms with Gasteiger partial charge in [0.1, 0.15) is 23.9 Å². The third-order valence-corrected chi connectivity index (χ3v) is 5.49. The molecule has 2 amide bonds. The van der Waals surface area contributed by atoms with Crippen molar-refractivity contribution in [2.75, 3.05) is 38.0 Å². The van der Waals surface area contributed by atoms with Gasteiger partial charge in [-0.2, -0.15) is 0 Å². The molecule has 0 radical (unpaired) electrons. The van der Waals surface area contributed by atoms with E-state index in [1.54, 1.807) is 30.0 Å². The maximum absolute atomic E-state index is 12.8. The fourth-order valence-corrected chi connectivity index (χ4v) is 3.76. The zero-order chi connectivity index (χ0) is 23.4. The highest BCUT2D eigenvalue weighted by Crippen LogP contribution is 2.21. The van der Waals surface area contributed by atoms with Crippen LogP contribution in [-0.4, -0.2) is 59.5 Å². The molecule has 1 aromatic carbocycles. The molecule has 33 heavy (non-hydrogen) atoms. The normalized spacial score (nSPS) is 14.3. The maximum Gasteiger partial charge on any atom is 0.289 e. The average Bonchev–Trinajstić information content (AvgIpc) is 3.42. The molecule has 3 heterocycles. The summed E-state index contributed by atoms with van der Waals surface area (Å²) in [6.07, 6.45) is 0. The van der Waals surface area contributed by atoms with Crippen LogP contribution in [0.15, 0.2) is 45.3 Å². The average molecular weight is 453 g/mol. The molecule has 0 aliphatic carbocycles. The van der Waals surface area contributed by atoms with Gasteiger partial charge in [0.25, 0.3) is 5.91 Å². The summed E-state index contributed by atoms with van der Waals surface area (Å²) >= 11 is 0. The first kappa shape index (κ1) is 22.6. The van der Waals surface area contributed by atoms with Crippen LogP contribution in [0.3, 0.4) is 0 Å². The largest absolute Gasteiger partial charge is 0.485 e. The van der Waals surface area contributed by atoms with Gasteiger partial charge in [-0.05, 0) is 44.5 Å². The van der Waals surface area contributed by atoms with Gasteiger partial charge in [-0.3, -0.25) is 14.5 Å². The van der Waals surface area contributed by atoms with Gasteiger partial charge in [0.05, 0.1) is 6.54 Å². The zero-order valence-corrected chi connectivity index (χ0v) is 19.1. The van der Waals surface area contributed by atoms with Crippen LogP contribution in [-0.2, 0) is 11.4 Å². The highest BCUT2D eigenvalue weighted by Gasteiger charge is 2.25. The van der Waals surface area contributed by atoms with Crippen LogP contribution in [0.1, 0.15) is 33.2 Å². The van der Waals surface area contributed by atoms with Crippen LogP contribution in [0.25, 0.3) is 0 Å². The maximum atomic E-state index is 12.8. The minimum Gasteiger partial charge on any atom is -0.485 e. The van der Waals surface area contributed by atoms with E-state index in [0.717, 1.165) is 11.3 Å². The predicted octanol–water partition coefficient (Wildman–Crippen LogP) is 3.17. The Hall–Kier alpha value is -3.59. The molecule has 1 aliphatic heterocycles. The van der Waals surface area contributed by atoms with Crippen LogP contribution < -0.4 is 10.1 Å². The molecule has 9 nitrogen and oxygen atoms in total. The SMILES string of the molecule is Cc1ccc(OCc2ccc(C(=O)N3CCN(CC(=O)Nc4cc(C)on4)CC3)o2)c(C)c1. The van der Waals surface area contributed by atoms with Crippen LogP contribution in [0, 0.1) is 20.8 Å². The predicted molar refractivity (Wildman–Crippen MR) is 121 cm³/mol. The number of rotatable bonds is 7. The van der Waals surface area contributed by atoms with E-state index >= 15 is 0 Å². The fraction of sp³-hybridized carbons (Fsp3) is 0.375. The van der Waals surface area contributed by atoms with Gasteiger partial charge in [0.2, 0.25) is 5.91 Å². The second-order valence-corrected chi connectivity index (χ2v) is 8.26. The number of amides is 2. The van der Waals surface area contributed by atoms with E-state index in [4.69, 9.17) is 13.7 Å². The molecule has 9 heteroatoms. The lowest BCUT2D eigenvalue weighted by Crippen LogP contribution is -2.50. The standard InChI is InChI=1S/C24H28N4O5/c1-16-4-6-20(17(2)12-16)31-15-19-5-7-21(32-19)24(30)28-10-8-27(9-11-28)14-23(29)25-22-13-18(3)33-26-22/h4-7,12-13H,8-11,14-15H2,1-3H3,(H,25,26,29). The number of aryl methyl sites for hydroxylation is 3. The number of anilines is 1. The molecular weight excluding hydrogens is 424 g/mol. The number of nitrogens with zero attached hydrogens (tertiary/aromatic N) is 3. The van der Waals surface area contributed by atoms with Gasteiger partial charge < -0.3 is 23.9 Å². The Morgan fingerprint density at radius 1 is 1.06 bits per heavy atom. The third kappa shape index (κ3) is 5.81. The molecule has 0 saturated carbocycles. The highest BCUT2D eigenvalue weighted by molar-refractivity contribution is 5.92. The first-order valence-corrected chi connectivity index (χ1v) is 10.9. The molecule has 0 unspecified atom stereocenters. The summed E-state index contributed by atoms with van der Waals surface area (Å²) in [5.41, 5.74) is 2.23. The summed E-state index contributed by atoms with van der Waals surface area (Å²) in [7, 11) is 0. The summed E-state index contributed by atoms with van der Waals surface area (Å²) in [6, 6.07) is 11.1. The van der Waals surface area contributed by atoms with Crippen molar-refractivity contribution in [3.8, 4) is 5.75 Å². The van der Waals surface area contributed by atoms with Gasteiger partial charge in [0, 0.05) is 32.2 Å². The Kier molecular flexibility index (Phi) is 6.79. The first-order chi connectivity index (χ1) is 15.9. The van der Waals surface area contributed by atoms with Gasteiger partial charge in [0.15, 0.2) is 11.6 Å². The van der Waals surface area contributed by atoms with E-state index in [0.29, 0.717) is 49.3 Å². The smallest absolute Gasteiger partial charge is 0.289 e. The molecule has 1 N–H and O–H groups in total. The van der Waals surface area contributed by atoms with Crippen molar-refractivity contribution >= 4 is 17.6 Å². The summed E-state index contributed by atoms with van der Waals surface area (Å²) < 4.78 is 16.5. The number of aromatic nitrogens is 1. The minimum atomic E-state index is -0.164. The molecular formula is C24H28N4O5. The van der Waals surface area contributed by atoms with E-state index in [-0.39, 0.29) is 25.0 Å². The van der Waals surface area contributed by atoms with Gasteiger partial charge in [-0.15, -0.1) is 0 Å². The van der Waals surface area contributed by atoms with Gasteiger partial charge in [-0.1, -0.05) is 22.9 Å². The fourth-order valence-electron chi connectivity index (χ4n) is 3.76. The van der Waals surface area contributed by atoms with Crippen LogP contribution in [0.2, 0.25) is 0 Å².